The van der Waals surface area contributed by atoms with E-state index in [9.17, 15) is 38.7 Å². The number of nitrogens with one attached hydrogen (secondary N) is 5. The Labute approximate surface area is 353 Å². The average Bonchev–Trinajstić information content (AvgIpc) is 3.14. The number of nitrogens with zero attached hydrogens (tertiary/aromatic N) is 1. The van der Waals surface area contributed by atoms with Gasteiger partial charge in [-0.05, 0) is 122 Å². The van der Waals surface area contributed by atoms with Gasteiger partial charge >= 0.3 is 18.2 Å². The quantitative estimate of drug-likeness (QED) is 0.0972. The third-order valence-corrected chi connectivity index (χ3v) is 9.52. The van der Waals surface area contributed by atoms with Crippen LogP contribution in [-0.4, -0.2) is 107 Å². The highest BCUT2D eigenvalue weighted by molar-refractivity contribution is 5.99. The van der Waals surface area contributed by atoms with E-state index in [4.69, 9.17) is 9.47 Å². The van der Waals surface area contributed by atoms with Gasteiger partial charge in [0.15, 0.2) is 0 Å². The van der Waals surface area contributed by atoms with Crippen LogP contribution in [0.15, 0.2) is 48.5 Å². The molecule has 0 aliphatic carbocycles. The fourth-order valence-corrected chi connectivity index (χ4v) is 6.22. The molecular formula is C44H64N6O10. The summed E-state index contributed by atoms with van der Waals surface area (Å²) in [4.78, 5) is 91.2. The number of carboxylic acid groups (broad SMARTS) is 1. The summed E-state index contributed by atoms with van der Waals surface area (Å²) in [5, 5.41) is 22.7. The molecule has 0 spiro atoms. The number of carbonyl (C=O) groups is 7. The van der Waals surface area contributed by atoms with Gasteiger partial charge in [-0.15, -0.1) is 0 Å². The van der Waals surface area contributed by atoms with Crippen molar-refractivity contribution in [1.29, 1.82) is 0 Å². The number of hydrogen-bond acceptors (Lipinski definition) is 9. The van der Waals surface area contributed by atoms with Crippen molar-refractivity contribution >= 4 is 41.8 Å². The Morgan fingerprint density at radius 2 is 1.30 bits per heavy atom. The van der Waals surface area contributed by atoms with Gasteiger partial charge in [-0.1, -0.05) is 49.7 Å². The maximum atomic E-state index is 13.9. The van der Waals surface area contributed by atoms with E-state index in [1.54, 1.807) is 53.7 Å². The Kier molecular flexibility index (Phi) is 18.4. The predicted octanol–water partition coefficient (Wildman–Crippen LogP) is 5.08. The Balaban J connectivity index is 1.61. The van der Waals surface area contributed by atoms with Crippen LogP contribution in [0.3, 0.4) is 0 Å². The second kappa shape index (κ2) is 22.6. The highest BCUT2D eigenvalue weighted by Gasteiger charge is 2.41. The highest BCUT2D eigenvalue weighted by atomic mass is 16.6. The van der Waals surface area contributed by atoms with Crippen molar-refractivity contribution in [2.75, 3.05) is 19.6 Å². The van der Waals surface area contributed by atoms with Crippen LogP contribution in [0.2, 0.25) is 0 Å². The van der Waals surface area contributed by atoms with E-state index < -0.39 is 77.2 Å². The second-order valence-electron chi connectivity index (χ2n) is 17.0. The predicted molar refractivity (Wildman–Crippen MR) is 226 cm³/mol. The number of alkyl carbamates (subject to hydrolysis) is 2. The third kappa shape index (κ3) is 16.5. The normalized spacial score (nSPS) is 15.3. The molecule has 1 unspecified atom stereocenters. The molecule has 3 rings (SSSR count). The molecule has 6 amide bonds. The number of ether oxygens (including phenoxy) is 2. The van der Waals surface area contributed by atoms with Crippen molar-refractivity contribution in [2.24, 2.45) is 0 Å². The first-order valence-corrected chi connectivity index (χ1v) is 20.8. The van der Waals surface area contributed by atoms with E-state index in [0.29, 0.717) is 24.8 Å². The van der Waals surface area contributed by atoms with Gasteiger partial charge in [0.2, 0.25) is 17.7 Å². The minimum Gasteiger partial charge on any atom is -0.480 e. The molecule has 2 aromatic carbocycles. The van der Waals surface area contributed by atoms with E-state index in [1.807, 2.05) is 24.3 Å². The van der Waals surface area contributed by atoms with E-state index >= 15 is 0 Å². The molecule has 1 saturated heterocycles. The summed E-state index contributed by atoms with van der Waals surface area (Å²) in [5.74, 6) is -3.68. The van der Waals surface area contributed by atoms with Crippen molar-refractivity contribution in [2.45, 2.75) is 142 Å². The van der Waals surface area contributed by atoms with Gasteiger partial charge in [0.25, 0.3) is 5.91 Å². The Hall–Kier alpha value is -5.67. The molecular weight excluding hydrogens is 773 g/mol. The van der Waals surface area contributed by atoms with Gasteiger partial charge in [-0.25, -0.2) is 14.4 Å². The number of benzene rings is 2. The average molecular weight is 837 g/mol. The molecule has 0 saturated carbocycles. The molecule has 0 radical (unpaired) electrons. The number of hydrogen-bond donors (Lipinski definition) is 6. The first kappa shape index (κ1) is 48.7. The smallest absolute Gasteiger partial charge is 0.407 e. The summed E-state index contributed by atoms with van der Waals surface area (Å²) in [6, 6.07) is 10.8. The lowest BCUT2D eigenvalue weighted by molar-refractivity contribution is -0.149. The molecule has 16 heteroatoms. The number of carbonyl (C=O) groups excluding carboxylic acids is 6. The summed E-state index contributed by atoms with van der Waals surface area (Å²) in [6.45, 7) is 14.4. The lowest BCUT2D eigenvalue weighted by Crippen LogP contribution is -2.64. The first-order chi connectivity index (χ1) is 28.2. The summed E-state index contributed by atoms with van der Waals surface area (Å²) < 4.78 is 10.5. The monoisotopic (exact) mass is 836 g/mol. The van der Waals surface area contributed by atoms with Crippen LogP contribution in [0.5, 0.6) is 0 Å². The number of aliphatic carboxylic acids is 1. The molecule has 1 aliphatic heterocycles. The van der Waals surface area contributed by atoms with Crippen molar-refractivity contribution in [1.82, 2.24) is 31.5 Å². The summed E-state index contributed by atoms with van der Waals surface area (Å²) in [6.07, 6.45) is 3.14. The maximum Gasteiger partial charge on any atom is 0.407 e. The Bertz CT molecular complexity index is 1790. The van der Waals surface area contributed by atoms with Gasteiger partial charge in [-0.2, -0.15) is 0 Å². The van der Waals surface area contributed by atoms with Crippen molar-refractivity contribution in [3.8, 4) is 11.1 Å². The maximum absolute atomic E-state index is 13.9. The highest BCUT2D eigenvalue weighted by Crippen LogP contribution is 2.23. The summed E-state index contributed by atoms with van der Waals surface area (Å²) >= 11 is 0. The van der Waals surface area contributed by atoms with Crippen LogP contribution in [-0.2, 0) is 35.1 Å². The minimum absolute atomic E-state index is 0.0103. The van der Waals surface area contributed by atoms with Crippen molar-refractivity contribution < 1.29 is 48.1 Å². The molecule has 6 N–H and O–H groups in total. The largest absolute Gasteiger partial charge is 0.480 e. The van der Waals surface area contributed by atoms with Gasteiger partial charge in [0.05, 0.1) is 0 Å². The van der Waals surface area contributed by atoms with Gasteiger partial charge < -0.3 is 46.1 Å². The zero-order valence-corrected chi connectivity index (χ0v) is 36.3. The second-order valence-corrected chi connectivity index (χ2v) is 17.0. The fraction of sp³-hybridized carbons (Fsp3) is 0.568. The van der Waals surface area contributed by atoms with E-state index in [0.717, 1.165) is 30.4 Å². The van der Waals surface area contributed by atoms with Gasteiger partial charge in [0.1, 0.15) is 35.4 Å². The van der Waals surface area contributed by atoms with Crippen LogP contribution < -0.4 is 26.6 Å². The topological polar surface area (TPSA) is 222 Å². The van der Waals surface area contributed by atoms with Crippen LogP contribution in [0.25, 0.3) is 11.1 Å². The van der Waals surface area contributed by atoms with E-state index in [-0.39, 0.29) is 32.5 Å². The van der Waals surface area contributed by atoms with Gasteiger partial charge in [0, 0.05) is 25.2 Å². The number of carboxylic acids is 1. The Morgan fingerprint density at radius 1 is 0.733 bits per heavy atom. The van der Waals surface area contributed by atoms with E-state index in [2.05, 4.69) is 45.6 Å². The number of rotatable bonds is 20. The molecule has 16 nitrogen and oxygen atoms in total. The number of amides is 6. The van der Waals surface area contributed by atoms with E-state index in [1.165, 1.54) is 17.4 Å². The van der Waals surface area contributed by atoms with Crippen LogP contribution in [0.1, 0.15) is 116 Å². The number of likely N-dealkylation sites (tertiary alicyclic amines) is 1. The zero-order valence-electron chi connectivity index (χ0n) is 36.3. The third-order valence-electron chi connectivity index (χ3n) is 9.52. The molecule has 1 fully saturated rings. The molecule has 330 valence electrons. The molecule has 4 atom stereocenters. The standard InChI is InChI=1S/C44H64N6O10/c1-9-10-13-29-15-17-30(18-16-29)31-19-21-32(22-20-31)37(52)48-33(23-26-46-42(58)60-44(6,7)8)39(54)50-27-24-35(50)38(53)47-28(2)36(51)49-34(40(55)56)14-11-12-25-45-41(57)59-43(3,4)5/h15-22,28,33-35H,9-14,23-27H2,1-8H3,(H,45,57)(H,46,58)(H,47,53)(H,48,52)(H,49,51)(H,55,56)/t28-,33-,34-,35?/m0/s1. The van der Waals surface area contributed by atoms with Crippen LogP contribution in [0, 0.1) is 0 Å². The number of unbranched alkanes of at least 4 members (excludes halogenated alkanes) is 2. The fourth-order valence-electron chi connectivity index (χ4n) is 6.22. The molecule has 1 heterocycles. The molecule has 1 aliphatic rings. The van der Waals surface area contributed by atoms with Crippen LogP contribution >= 0.6 is 0 Å². The molecule has 0 aromatic heterocycles. The first-order valence-electron chi connectivity index (χ1n) is 20.8. The lowest BCUT2D eigenvalue weighted by atomic mass is 9.98. The van der Waals surface area contributed by atoms with Gasteiger partial charge in [-0.3, -0.25) is 19.2 Å². The van der Waals surface area contributed by atoms with Crippen molar-refractivity contribution in [3.63, 3.8) is 0 Å². The summed E-state index contributed by atoms with van der Waals surface area (Å²) in [7, 11) is 0. The number of aryl methyl sites for hydroxylation is 1. The SMILES string of the molecule is CCCCc1ccc(-c2ccc(C(=O)N[C@@H](CCNC(=O)OC(C)(C)C)C(=O)N3CCC3C(=O)N[C@@H](C)C(=O)N[C@@H](CCCCNC(=O)OC(C)(C)C)C(=O)O)cc2)cc1. The molecule has 2 aromatic rings. The minimum atomic E-state index is -1.25. The molecule has 60 heavy (non-hydrogen) atoms. The molecule has 0 bridgehead atoms. The van der Waals surface area contributed by atoms with Crippen LogP contribution in [0.4, 0.5) is 9.59 Å². The van der Waals surface area contributed by atoms with Crippen molar-refractivity contribution in [3.05, 3.63) is 59.7 Å². The zero-order chi connectivity index (χ0) is 44.6. The summed E-state index contributed by atoms with van der Waals surface area (Å²) in [5.41, 5.74) is 2.09. The Morgan fingerprint density at radius 3 is 1.82 bits per heavy atom. The lowest BCUT2D eigenvalue weighted by Gasteiger charge is -2.42.